The summed E-state index contributed by atoms with van der Waals surface area (Å²) in [6.07, 6.45) is 1.26. The van der Waals surface area contributed by atoms with Gasteiger partial charge in [-0.2, -0.15) is 0 Å². The average molecular weight is 440 g/mol. The number of carbonyl (C=O) groups is 2. The van der Waals surface area contributed by atoms with E-state index in [1.807, 2.05) is 6.07 Å². The number of esters is 1. The zero-order chi connectivity index (χ0) is 22.0. The Morgan fingerprint density at radius 3 is 2.71 bits per heavy atom. The van der Waals surface area contributed by atoms with Gasteiger partial charge in [0.1, 0.15) is 17.6 Å². The molecule has 4 rings (SSSR count). The smallest absolute Gasteiger partial charge is 0.326 e. The molecule has 0 saturated heterocycles. The molecule has 0 saturated carbocycles. The summed E-state index contributed by atoms with van der Waals surface area (Å²) >= 11 is 5.86. The first-order chi connectivity index (χ1) is 14.9. The van der Waals surface area contributed by atoms with Crippen molar-refractivity contribution in [2.75, 3.05) is 6.61 Å². The number of halogens is 1. The number of carbonyl (C=O) groups excluding carboxylic acids is 2. The molecule has 1 N–H and O–H groups in total. The SMILES string of the molecule is CC(NC(=O)COC(=O)Cn1cnc2c(oc3ccccc32)c1=O)c1ccc(Cl)cc1. The van der Waals surface area contributed by atoms with Crippen molar-refractivity contribution in [1.82, 2.24) is 14.9 Å². The molecule has 0 aliphatic heterocycles. The van der Waals surface area contributed by atoms with Gasteiger partial charge in [0.25, 0.3) is 11.5 Å². The van der Waals surface area contributed by atoms with Gasteiger partial charge in [-0.25, -0.2) is 4.98 Å². The zero-order valence-electron chi connectivity index (χ0n) is 16.5. The van der Waals surface area contributed by atoms with Crippen LogP contribution in [0.15, 0.2) is 64.1 Å². The average Bonchev–Trinajstić information content (AvgIpc) is 3.14. The minimum atomic E-state index is -0.742. The largest absolute Gasteiger partial charge is 0.454 e. The van der Waals surface area contributed by atoms with E-state index in [2.05, 4.69) is 10.3 Å². The highest BCUT2D eigenvalue weighted by Crippen LogP contribution is 2.24. The molecule has 1 amide bonds. The van der Waals surface area contributed by atoms with Crippen LogP contribution in [0.5, 0.6) is 0 Å². The maximum Gasteiger partial charge on any atom is 0.326 e. The second-order valence-corrected chi connectivity index (χ2v) is 7.39. The highest BCUT2D eigenvalue weighted by molar-refractivity contribution is 6.30. The van der Waals surface area contributed by atoms with Crippen LogP contribution in [-0.2, 0) is 20.9 Å². The van der Waals surface area contributed by atoms with Crippen LogP contribution in [0, 0.1) is 0 Å². The van der Waals surface area contributed by atoms with E-state index in [1.54, 1.807) is 49.4 Å². The van der Waals surface area contributed by atoms with Crippen molar-refractivity contribution in [2.24, 2.45) is 0 Å². The van der Waals surface area contributed by atoms with Gasteiger partial charge in [0, 0.05) is 10.4 Å². The molecule has 0 aliphatic rings. The summed E-state index contributed by atoms with van der Waals surface area (Å²) in [5.74, 6) is -1.21. The maximum absolute atomic E-state index is 12.6. The number of amides is 1. The van der Waals surface area contributed by atoms with Crippen molar-refractivity contribution in [3.8, 4) is 0 Å². The molecule has 0 radical (unpaired) electrons. The molecule has 8 nitrogen and oxygen atoms in total. The van der Waals surface area contributed by atoms with Crippen molar-refractivity contribution < 1.29 is 18.7 Å². The van der Waals surface area contributed by atoms with E-state index < -0.39 is 30.6 Å². The van der Waals surface area contributed by atoms with Gasteiger partial charge in [0.2, 0.25) is 5.58 Å². The quantitative estimate of drug-likeness (QED) is 0.463. The molecular formula is C22H18ClN3O5. The number of hydrogen-bond acceptors (Lipinski definition) is 6. The van der Waals surface area contributed by atoms with E-state index >= 15 is 0 Å². The van der Waals surface area contributed by atoms with Gasteiger partial charge in [0.05, 0.1) is 12.4 Å². The fourth-order valence-corrected chi connectivity index (χ4v) is 3.30. The monoisotopic (exact) mass is 439 g/mol. The lowest BCUT2D eigenvalue weighted by Crippen LogP contribution is -2.32. The van der Waals surface area contributed by atoms with E-state index in [0.717, 1.165) is 15.5 Å². The van der Waals surface area contributed by atoms with Gasteiger partial charge < -0.3 is 14.5 Å². The number of nitrogens with zero attached hydrogens (tertiary/aromatic N) is 2. The Balaban J connectivity index is 1.37. The van der Waals surface area contributed by atoms with Crippen LogP contribution in [0.1, 0.15) is 18.5 Å². The Kier molecular flexibility index (Phi) is 5.73. The Morgan fingerprint density at radius 2 is 1.94 bits per heavy atom. The summed E-state index contributed by atoms with van der Waals surface area (Å²) in [5, 5.41) is 4.05. The van der Waals surface area contributed by atoms with Gasteiger partial charge in [-0.1, -0.05) is 35.9 Å². The minimum absolute atomic E-state index is 0.0611. The number of fused-ring (bicyclic) bond motifs is 3. The van der Waals surface area contributed by atoms with Crippen LogP contribution in [0.3, 0.4) is 0 Å². The van der Waals surface area contributed by atoms with E-state index in [0.29, 0.717) is 16.1 Å². The third-order valence-electron chi connectivity index (χ3n) is 4.76. The number of ether oxygens (including phenoxy) is 1. The Morgan fingerprint density at radius 1 is 1.19 bits per heavy atom. The van der Waals surface area contributed by atoms with Crippen molar-refractivity contribution in [1.29, 1.82) is 0 Å². The molecule has 0 fully saturated rings. The Labute approximate surface area is 181 Å². The first-order valence-corrected chi connectivity index (χ1v) is 9.87. The number of furan rings is 1. The molecule has 2 aromatic carbocycles. The van der Waals surface area contributed by atoms with Crippen LogP contribution < -0.4 is 10.9 Å². The third kappa shape index (κ3) is 4.44. The summed E-state index contributed by atoms with van der Waals surface area (Å²) in [7, 11) is 0. The predicted molar refractivity (Wildman–Crippen MR) is 115 cm³/mol. The first kappa shape index (κ1) is 20.6. The van der Waals surface area contributed by atoms with E-state index in [9.17, 15) is 14.4 Å². The number of hydrogen-bond donors (Lipinski definition) is 1. The summed E-state index contributed by atoms with van der Waals surface area (Å²) < 4.78 is 11.7. The third-order valence-corrected chi connectivity index (χ3v) is 5.01. The molecule has 2 aromatic heterocycles. The van der Waals surface area contributed by atoms with Gasteiger partial charge >= 0.3 is 5.97 Å². The van der Waals surface area contributed by atoms with Crippen molar-refractivity contribution >= 4 is 45.5 Å². The van der Waals surface area contributed by atoms with Crippen LogP contribution in [0.25, 0.3) is 22.1 Å². The van der Waals surface area contributed by atoms with Gasteiger partial charge in [-0.3, -0.25) is 19.0 Å². The zero-order valence-corrected chi connectivity index (χ0v) is 17.3. The van der Waals surface area contributed by atoms with E-state index in [4.69, 9.17) is 20.8 Å². The molecule has 0 bridgehead atoms. The normalized spacial score (nSPS) is 12.1. The number of nitrogens with one attached hydrogen (secondary N) is 1. The van der Waals surface area contributed by atoms with E-state index in [-0.39, 0.29) is 11.6 Å². The lowest BCUT2D eigenvalue weighted by Gasteiger charge is -2.14. The molecule has 9 heteroatoms. The summed E-state index contributed by atoms with van der Waals surface area (Å²) in [4.78, 5) is 41.1. The summed E-state index contributed by atoms with van der Waals surface area (Å²) in [6.45, 7) is 0.946. The van der Waals surface area contributed by atoms with Crippen LogP contribution in [0.2, 0.25) is 5.02 Å². The molecule has 1 atom stereocenters. The molecule has 0 spiro atoms. The lowest BCUT2D eigenvalue weighted by molar-refractivity contribution is -0.149. The molecule has 31 heavy (non-hydrogen) atoms. The van der Waals surface area contributed by atoms with Gasteiger partial charge in [-0.05, 0) is 36.8 Å². The lowest BCUT2D eigenvalue weighted by atomic mass is 10.1. The maximum atomic E-state index is 12.6. The van der Waals surface area contributed by atoms with Crippen LogP contribution in [-0.4, -0.2) is 28.0 Å². The second kappa shape index (κ2) is 8.61. The minimum Gasteiger partial charge on any atom is -0.454 e. The highest BCUT2D eigenvalue weighted by Gasteiger charge is 2.16. The van der Waals surface area contributed by atoms with Gasteiger partial charge in [-0.15, -0.1) is 0 Å². The predicted octanol–water partition coefficient (Wildman–Crippen LogP) is 3.22. The number of para-hydroxylation sites is 1. The van der Waals surface area contributed by atoms with E-state index in [1.165, 1.54) is 6.33 Å². The molecular weight excluding hydrogens is 422 g/mol. The van der Waals surface area contributed by atoms with Crippen molar-refractivity contribution in [2.45, 2.75) is 19.5 Å². The number of rotatable bonds is 6. The molecule has 158 valence electrons. The fourth-order valence-electron chi connectivity index (χ4n) is 3.18. The summed E-state index contributed by atoms with van der Waals surface area (Å²) in [6, 6.07) is 13.9. The second-order valence-electron chi connectivity index (χ2n) is 6.96. The molecule has 1 unspecified atom stereocenters. The Bertz CT molecular complexity index is 1330. The number of benzene rings is 2. The van der Waals surface area contributed by atoms with Gasteiger partial charge in [0.15, 0.2) is 6.61 Å². The van der Waals surface area contributed by atoms with Crippen molar-refractivity contribution in [3.05, 3.63) is 75.8 Å². The Hall–Kier alpha value is -3.65. The van der Waals surface area contributed by atoms with Crippen molar-refractivity contribution in [3.63, 3.8) is 0 Å². The highest BCUT2D eigenvalue weighted by atomic mass is 35.5. The first-order valence-electron chi connectivity index (χ1n) is 9.49. The van der Waals surface area contributed by atoms with Crippen LogP contribution >= 0.6 is 11.6 Å². The molecule has 2 heterocycles. The molecule has 0 aliphatic carbocycles. The molecule has 4 aromatic rings. The topological polar surface area (TPSA) is 103 Å². The van der Waals surface area contributed by atoms with Crippen LogP contribution in [0.4, 0.5) is 0 Å². The number of aromatic nitrogens is 2. The summed E-state index contributed by atoms with van der Waals surface area (Å²) in [5.41, 5.74) is 1.39. The fraction of sp³-hybridized carbons (Fsp3) is 0.182. The standard InChI is InChI=1S/C22H18ClN3O5/c1-13(14-6-8-15(23)9-7-14)25-18(27)11-30-19(28)10-26-12-24-20-16-4-2-3-5-17(16)31-21(20)22(26)29/h2-9,12-13H,10-11H2,1H3,(H,25,27).